The highest BCUT2D eigenvalue weighted by Crippen LogP contribution is 2.30. The summed E-state index contributed by atoms with van der Waals surface area (Å²) in [4.78, 5) is 27.9. The third-order valence-electron chi connectivity index (χ3n) is 3.96. The Kier molecular flexibility index (Phi) is 5.54. The highest BCUT2D eigenvalue weighted by Gasteiger charge is 2.28. The monoisotopic (exact) mass is 382 g/mol. The number of ether oxygens (including phenoxy) is 1. The lowest BCUT2D eigenvalue weighted by atomic mass is 10.0. The van der Waals surface area contributed by atoms with Gasteiger partial charge in [0.05, 0.1) is 25.0 Å². The predicted octanol–water partition coefficient (Wildman–Crippen LogP) is 3.33. The number of aromatic carboxylic acids is 1. The first-order chi connectivity index (χ1) is 13.5. The second-order valence-corrected chi connectivity index (χ2v) is 5.87. The van der Waals surface area contributed by atoms with Gasteiger partial charge in [-0.15, -0.1) is 0 Å². The maximum Gasteiger partial charge on any atom is 0.341 e. The molecule has 144 valence electrons. The number of rotatable bonds is 6. The van der Waals surface area contributed by atoms with E-state index in [0.717, 1.165) is 0 Å². The van der Waals surface area contributed by atoms with Crippen LogP contribution in [0.15, 0.2) is 53.3 Å². The molecule has 0 bridgehead atoms. The van der Waals surface area contributed by atoms with Gasteiger partial charge in [-0.05, 0) is 43.3 Å². The van der Waals surface area contributed by atoms with Gasteiger partial charge in [-0.1, -0.05) is 5.16 Å². The summed E-state index contributed by atoms with van der Waals surface area (Å²) in [6.45, 7) is 1.60. The van der Waals surface area contributed by atoms with Crippen LogP contribution in [0.1, 0.15) is 29.1 Å². The van der Waals surface area contributed by atoms with Gasteiger partial charge in [-0.3, -0.25) is 4.98 Å². The Balaban J connectivity index is 1.82. The first-order valence-corrected chi connectivity index (χ1v) is 8.34. The first-order valence-electron chi connectivity index (χ1n) is 8.34. The van der Waals surface area contributed by atoms with Crippen LogP contribution < -0.4 is 15.4 Å². The minimum atomic E-state index is -1.21. The molecule has 0 aliphatic carbocycles. The van der Waals surface area contributed by atoms with Crippen LogP contribution in [0.4, 0.5) is 10.5 Å². The molecule has 1 aromatic carbocycles. The van der Waals surface area contributed by atoms with Crippen molar-refractivity contribution >= 4 is 17.7 Å². The van der Waals surface area contributed by atoms with Crippen LogP contribution in [0.5, 0.6) is 5.75 Å². The van der Waals surface area contributed by atoms with E-state index < -0.39 is 18.0 Å². The fourth-order valence-electron chi connectivity index (χ4n) is 2.62. The third kappa shape index (κ3) is 4.09. The van der Waals surface area contributed by atoms with E-state index in [1.807, 2.05) is 0 Å². The summed E-state index contributed by atoms with van der Waals surface area (Å²) >= 11 is 0. The maximum absolute atomic E-state index is 12.2. The van der Waals surface area contributed by atoms with Gasteiger partial charge in [0, 0.05) is 11.8 Å². The van der Waals surface area contributed by atoms with Gasteiger partial charge < -0.3 is 25.0 Å². The van der Waals surface area contributed by atoms with Crippen LogP contribution in [0.3, 0.4) is 0 Å². The number of carbonyl (C=O) groups excluding carboxylic acids is 1. The van der Waals surface area contributed by atoms with Crippen molar-refractivity contribution < 1.29 is 24.0 Å². The second-order valence-electron chi connectivity index (χ2n) is 5.87. The lowest BCUT2D eigenvalue weighted by Crippen LogP contribution is -2.31. The molecule has 0 unspecified atom stereocenters. The number of hydrogen-bond acceptors (Lipinski definition) is 6. The zero-order valence-corrected chi connectivity index (χ0v) is 15.2. The largest absolute Gasteiger partial charge is 0.497 e. The smallest absolute Gasteiger partial charge is 0.341 e. The topological polar surface area (TPSA) is 127 Å². The van der Waals surface area contributed by atoms with Crippen molar-refractivity contribution in [3.05, 3.63) is 60.1 Å². The van der Waals surface area contributed by atoms with E-state index in [1.165, 1.54) is 13.3 Å². The number of anilines is 1. The summed E-state index contributed by atoms with van der Waals surface area (Å²) in [5, 5.41) is 18.8. The SMILES string of the molecule is COc1ccc(-c2noc([C@@H](C)NC(=O)Nc3cccnc3)c2C(=O)O)cc1. The van der Waals surface area contributed by atoms with Gasteiger partial charge in [-0.25, -0.2) is 9.59 Å². The number of amides is 2. The van der Waals surface area contributed by atoms with E-state index >= 15 is 0 Å². The van der Waals surface area contributed by atoms with E-state index in [0.29, 0.717) is 17.0 Å². The van der Waals surface area contributed by atoms with E-state index in [2.05, 4.69) is 20.8 Å². The molecule has 9 nitrogen and oxygen atoms in total. The molecule has 0 fully saturated rings. The van der Waals surface area contributed by atoms with Gasteiger partial charge in [0.2, 0.25) is 0 Å². The molecule has 0 saturated carbocycles. The minimum absolute atomic E-state index is 0.0413. The van der Waals surface area contributed by atoms with Crippen molar-refractivity contribution in [2.45, 2.75) is 13.0 Å². The summed E-state index contributed by atoms with van der Waals surface area (Å²) in [5.41, 5.74) is 1.12. The number of carboxylic acid groups (broad SMARTS) is 1. The molecule has 2 aromatic heterocycles. The lowest BCUT2D eigenvalue weighted by molar-refractivity contribution is 0.0694. The standard InChI is InChI=1S/C19H18N4O5/c1-11(21-19(26)22-13-4-3-9-20-10-13)17-15(18(24)25)16(23-28-17)12-5-7-14(27-2)8-6-12/h3-11H,1-2H3,(H,24,25)(H2,21,22,26)/t11-/m1/s1. The fraction of sp³-hybridized carbons (Fsp3) is 0.158. The average Bonchev–Trinajstić information content (AvgIpc) is 3.14. The first kappa shape index (κ1) is 18.9. The highest BCUT2D eigenvalue weighted by atomic mass is 16.5. The summed E-state index contributed by atoms with van der Waals surface area (Å²) in [7, 11) is 1.54. The molecule has 3 aromatic rings. The molecule has 2 amide bonds. The third-order valence-corrected chi connectivity index (χ3v) is 3.96. The van der Waals surface area contributed by atoms with Gasteiger partial charge in [0.25, 0.3) is 0 Å². The number of hydrogen-bond donors (Lipinski definition) is 3. The number of nitrogens with one attached hydrogen (secondary N) is 2. The zero-order valence-electron chi connectivity index (χ0n) is 15.2. The second kappa shape index (κ2) is 8.21. The number of carboxylic acids is 1. The molecule has 0 spiro atoms. The van der Waals surface area contributed by atoms with E-state index in [4.69, 9.17) is 9.26 Å². The molecule has 0 saturated heterocycles. The van der Waals surface area contributed by atoms with E-state index in [1.54, 1.807) is 49.5 Å². The van der Waals surface area contributed by atoms with Crippen LogP contribution >= 0.6 is 0 Å². The van der Waals surface area contributed by atoms with Crippen molar-refractivity contribution in [3.63, 3.8) is 0 Å². The van der Waals surface area contributed by atoms with Gasteiger partial charge in [0.15, 0.2) is 5.76 Å². The van der Waals surface area contributed by atoms with Crippen LogP contribution in [0.25, 0.3) is 11.3 Å². The molecule has 28 heavy (non-hydrogen) atoms. The van der Waals surface area contributed by atoms with Crippen molar-refractivity contribution in [1.82, 2.24) is 15.5 Å². The fourth-order valence-corrected chi connectivity index (χ4v) is 2.62. The van der Waals surface area contributed by atoms with Crippen LogP contribution in [-0.2, 0) is 0 Å². The number of aromatic nitrogens is 2. The van der Waals surface area contributed by atoms with Crippen molar-refractivity contribution in [2.75, 3.05) is 12.4 Å². The molecule has 1 atom stereocenters. The molecule has 0 aliphatic rings. The molecule has 3 N–H and O–H groups in total. The quantitative estimate of drug-likeness (QED) is 0.597. The highest BCUT2D eigenvalue weighted by molar-refractivity contribution is 5.96. The van der Waals surface area contributed by atoms with Crippen molar-refractivity contribution in [2.24, 2.45) is 0 Å². The summed E-state index contributed by atoms with van der Waals surface area (Å²) in [6.07, 6.45) is 3.07. The summed E-state index contributed by atoms with van der Waals surface area (Å²) < 4.78 is 10.4. The van der Waals surface area contributed by atoms with Gasteiger partial charge in [-0.2, -0.15) is 0 Å². The van der Waals surface area contributed by atoms with Gasteiger partial charge >= 0.3 is 12.0 Å². The number of nitrogens with zero attached hydrogens (tertiary/aromatic N) is 2. The number of carbonyl (C=O) groups is 2. The zero-order chi connectivity index (χ0) is 20.1. The molecular weight excluding hydrogens is 364 g/mol. The Morgan fingerprint density at radius 2 is 1.96 bits per heavy atom. The number of urea groups is 1. The maximum atomic E-state index is 12.2. The molecule has 9 heteroatoms. The Bertz CT molecular complexity index is 970. The molecule has 2 heterocycles. The lowest BCUT2D eigenvalue weighted by Gasteiger charge is -2.12. The number of methoxy groups -OCH3 is 1. The van der Waals surface area contributed by atoms with Crippen LogP contribution in [0.2, 0.25) is 0 Å². The Morgan fingerprint density at radius 1 is 1.21 bits per heavy atom. The number of pyridine rings is 1. The van der Waals surface area contributed by atoms with Crippen molar-refractivity contribution in [1.29, 1.82) is 0 Å². The Labute approximate surface area is 160 Å². The van der Waals surface area contributed by atoms with E-state index in [-0.39, 0.29) is 17.0 Å². The molecule has 0 radical (unpaired) electrons. The van der Waals surface area contributed by atoms with Gasteiger partial charge in [0.1, 0.15) is 17.0 Å². The van der Waals surface area contributed by atoms with Crippen LogP contribution in [0, 0.1) is 0 Å². The normalized spacial score (nSPS) is 11.5. The van der Waals surface area contributed by atoms with E-state index in [9.17, 15) is 14.7 Å². The van der Waals surface area contributed by atoms with Crippen molar-refractivity contribution in [3.8, 4) is 17.0 Å². The molecule has 0 aliphatic heterocycles. The summed E-state index contributed by atoms with van der Waals surface area (Å²) in [6, 6.07) is 8.84. The summed E-state index contributed by atoms with van der Waals surface area (Å²) in [5.74, 6) is -0.533. The molecular formula is C19H18N4O5. The average molecular weight is 382 g/mol. The Hall–Kier alpha value is -3.88. The number of benzene rings is 1. The van der Waals surface area contributed by atoms with Crippen LogP contribution in [-0.4, -0.2) is 34.4 Å². The Morgan fingerprint density at radius 3 is 2.57 bits per heavy atom. The molecule has 3 rings (SSSR count). The minimum Gasteiger partial charge on any atom is -0.497 e. The predicted molar refractivity (Wildman–Crippen MR) is 100 cm³/mol.